The van der Waals surface area contributed by atoms with Gasteiger partial charge in [-0.3, -0.25) is 4.79 Å². The number of nitrogens with zero attached hydrogens (tertiary/aromatic N) is 3. The zero-order chi connectivity index (χ0) is 13.1. The standard InChI is InChI=1S/C11H15ClN3O2P/c1-17-11(16)7-2-4-15(5-3-7)10-8(18)9(12)13-6-14-10/h6-7H,2-5,18H2,1H3. The van der Waals surface area contributed by atoms with Crippen LogP contribution in [0.4, 0.5) is 5.82 Å². The first-order chi connectivity index (χ1) is 8.63. The lowest BCUT2D eigenvalue weighted by molar-refractivity contribution is -0.146. The second-order valence-corrected chi connectivity index (χ2v) is 5.12. The molecule has 0 spiro atoms. The van der Waals surface area contributed by atoms with Crippen molar-refractivity contribution in [2.24, 2.45) is 5.92 Å². The van der Waals surface area contributed by atoms with Gasteiger partial charge in [-0.1, -0.05) is 20.8 Å². The normalized spacial score (nSPS) is 16.7. The molecule has 2 rings (SSSR count). The molecule has 2 heterocycles. The van der Waals surface area contributed by atoms with Crippen LogP contribution in [0.15, 0.2) is 6.33 Å². The van der Waals surface area contributed by atoms with Gasteiger partial charge >= 0.3 is 5.97 Å². The van der Waals surface area contributed by atoms with Crippen molar-refractivity contribution in [3.05, 3.63) is 11.5 Å². The Kier molecular flexibility index (Phi) is 4.36. The third kappa shape index (κ3) is 2.73. The number of rotatable bonds is 2. The van der Waals surface area contributed by atoms with E-state index in [0.717, 1.165) is 37.1 Å². The number of halogens is 1. The van der Waals surface area contributed by atoms with Crippen molar-refractivity contribution in [2.45, 2.75) is 12.8 Å². The van der Waals surface area contributed by atoms with Crippen molar-refractivity contribution in [1.82, 2.24) is 9.97 Å². The van der Waals surface area contributed by atoms with Crippen LogP contribution in [0.1, 0.15) is 12.8 Å². The van der Waals surface area contributed by atoms with Crippen molar-refractivity contribution in [2.75, 3.05) is 25.1 Å². The summed E-state index contributed by atoms with van der Waals surface area (Å²) in [6.07, 6.45) is 3.01. The lowest BCUT2D eigenvalue weighted by Gasteiger charge is -2.32. The number of hydrogen-bond donors (Lipinski definition) is 0. The summed E-state index contributed by atoms with van der Waals surface area (Å²) < 4.78 is 4.77. The largest absolute Gasteiger partial charge is 0.469 e. The number of aromatic nitrogens is 2. The molecule has 0 N–H and O–H groups in total. The van der Waals surface area contributed by atoms with E-state index in [4.69, 9.17) is 16.3 Å². The van der Waals surface area contributed by atoms with Gasteiger partial charge in [0, 0.05) is 18.4 Å². The second-order valence-electron chi connectivity index (χ2n) is 4.19. The fourth-order valence-electron chi connectivity index (χ4n) is 2.11. The molecule has 7 heteroatoms. The van der Waals surface area contributed by atoms with E-state index in [2.05, 4.69) is 24.1 Å². The topological polar surface area (TPSA) is 55.3 Å². The lowest BCUT2D eigenvalue weighted by atomic mass is 9.97. The number of anilines is 1. The van der Waals surface area contributed by atoms with E-state index in [9.17, 15) is 4.79 Å². The minimum Gasteiger partial charge on any atom is -0.469 e. The molecular weight excluding hydrogens is 273 g/mol. The predicted octanol–water partition coefficient (Wildman–Crippen LogP) is 1.02. The molecule has 0 aliphatic carbocycles. The van der Waals surface area contributed by atoms with E-state index in [1.807, 2.05) is 0 Å². The molecule has 0 bridgehead atoms. The fraction of sp³-hybridized carbons (Fsp3) is 0.545. The quantitative estimate of drug-likeness (QED) is 0.462. The Bertz CT molecular complexity index is 450. The van der Waals surface area contributed by atoms with Crippen molar-refractivity contribution in [3.8, 4) is 0 Å². The van der Waals surface area contributed by atoms with Crippen LogP contribution in [0.25, 0.3) is 0 Å². The number of ether oxygens (including phenoxy) is 1. The molecule has 1 aromatic rings. The number of piperidine rings is 1. The van der Waals surface area contributed by atoms with Gasteiger partial charge in [-0.05, 0) is 12.8 Å². The van der Waals surface area contributed by atoms with Gasteiger partial charge in [0.05, 0.1) is 13.0 Å². The Morgan fingerprint density at radius 1 is 1.50 bits per heavy atom. The van der Waals surface area contributed by atoms with Gasteiger partial charge in [0.1, 0.15) is 17.3 Å². The summed E-state index contributed by atoms with van der Waals surface area (Å²) in [7, 11) is 3.99. The van der Waals surface area contributed by atoms with E-state index in [0.29, 0.717) is 5.15 Å². The van der Waals surface area contributed by atoms with Gasteiger partial charge in [-0.25, -0.2) is 9.97 Å². The third-order valence-electron chi connectivity index (χ3n) is 3.14. The van der Waals surface area contributed by atoms with Gasteiger partial charge in [-0.15, -0.1) is 0 Å². The van der Waals surface area contributed by atoms with Crippen molar-refractivity contribution in [1.29, 1.82) is 0 Å². The van der Waals surface area contributed by atoms with E-state index >= 15 is 0 Å². The molecule has 5 nitrogen and oxygen atoms in total. The summed E-state index contributed by atoms with van der Waals surface area (Å²) in [5.74, 6) is 0.696. The highest BCUT2D eigenvalue weighted by molar-refractivity contribution is 7.28. The van der Waals surface area contributed by atoms with Gasteiger partial charge in [0.2, 0.25) is 0 Å². The highest BCUT2D eigenvalue weighted by Gasteiger charge is 2.27. The molecule has 0 saturated carbocycles. The molecule has 1 aliphatic rings. The maximum absolute atomic E-state index is 11.4. The molecule has 0 radical (unpaired) electrons. The number of carbonyl (C=O) groups excluding carboxylic acids is 1. The van der Waals surface area contributed by atoms with Crippen molar-refractivity contribution < 1.29 is 9.53 Å². The average molecular weight is 288 g/mol. The fourth-order valence-corrected chi connectivity index (χ4v) is 2.57. The van der Waals surface area contributed by atoms with Gasteiger partial charge in [0.15, 0.2) is 0 Å². The highest BCUT2D eigenvalue weighted by atomic mass is 35.5. The molecule has 1 saturated heterocycles. The number of carbonyl (C=O) groups is 1. The summed E-state index contributed by atoms with van der Waals surface area (Å²) in [5.41, 5.74) is 0. The molecule has 1 atom stereocenters. The van der Waals surface area contributed by atoms with E-state index in [1.54, 1.807) is 0 Å². The van der Waals surface area contributed by atoms with E-state index in [-0.39, 0.29) is 11.9 Å². The number of hydrogen-bond acceptors (Lipinski definition) is 5. The maximum atomic E-state index is 11.4. The molecule has 1 fully saturated rings. The third-order valence-corrected chi connectivity index (χ3v) is 4.16. The van der Waals surface area contributed by atoms with Gasteiger partial charge in [0.25, 0.3) is 0 Å². The van der Waals surface area contributed by atoms with Gasteiger partial charge < -0.3 is 9.64 Å². The molecule has 1 unspecified atom stereocenters. The molecule has 98 valence electrons. The Morgan fingerprint density at radius 3 is 2.78 bits per heavy atom. The number of methoxy groups -OCH3 is 1. The van der Waals surface area contributed by atoms with Crippen LogP contribution >= 0.6 is 20.8 Å². The zero-order valence-corrected chi connectivity index (χ0v) is 12.0. The Morgan fingerprint density at radius 2 is 2.17 bits per heavy atom. The molecule has 0 aromatic carbocycles. The minimum atomic E-state index is -0.124. The SMILES string of the molecule is COC(=O)C1CCN(c2ncnc(Cl)c2P)CC1. The smallest absolute Gasteiger partial charge is 0.308 e. The van der Waals surface area contributed by atoms with Gasteiger partial charge in [-0.2, -0.15) is 0 Å². The monoisotopic (exact) mass is 287 g/mol. The summed E-state index contributed by atoms with van der Waals surface area (Å²) in [4.78, 5) is 21.7. The van der Waals surface area contributed by atoms with Crippen LogP contribution in [0.5, 0.6) is 0 Å². The van der Waals surface area contributed by atoms with Crippen LogP contribution in [-0.2, 0) is 9.53 Å². The molecule has 18 heavy (non-hydrogen) atoms. The predicted molar refractivity (Wildman–Crippen MR) is 73.3 cm³/mol. The molecule has 1 aliphatic heterocycles. The van der Waals surface area contributed by atoms with Crippen LogP contribution < -0.4 is 10.2 Å². The Hall–Kier alpha value is -0.930. The summed E-state index contributed by atoms with van der Waals surface area (Å²) >= 11 is 5.96. The molecular formula is C11H15ClN3O2P. The van der Waals surface area contributed by atoms with E-state index in [1.165, 1.54) is 13.4 Å². The zero-order valence-electron chi connectivity index (χ0n) is 10.1. The highest BCUT2D eigenvalue weighted by Crippen LogP contribution is 2.23. The van der Waals surface area contributed by atoms with Crippen molar-refractivity contribution in [3.63, 3.8) is 0 Å². The minimum absolute atomic E-state index is 0.00322. The Balaban J connectivity index is 2.06. The van der Waals surface area contributed by atoms with Crippen LogP contribution in [0.2, 0.25) is 5.15 Å². The average Bonchev–Trinajstić information content (AvgIpc) is 2.41. The Labute approximate surface area is 113 Å². The van der Waals surface area contributed by atoms with E-state index < -0.39 is 0 Å². The first-order valence-electron chi connectivity index (χ1n) is 5.72. The lowest BCUT2D eigenvalue weighted by Crippen LogP contribution is -2.38. The second kappa shape index (κ2) is 5.81. The molecule has 1 aromatic heterocycles. The molecule has 0 amide bonds. The maximum Gasteiger partial charge on any atom is 0.308 e. The van der Waals surface area contributed by atoms with Crippen LogP contribution in [0, 0.1) is 5.92 Å². The summed E-state index contributed by atoms with van der Waals surface area (Å²) in [6.45, 7) is 1.54. The first kappa shape index (κ1) is 13.5. The number of esters is 1. The van der Waals surface area contributed by atoms with Crippen LogP contribution in [-0.4, -0.2) is 36.1 Å². The summed E-state index contributed by atoms with van der Waals surface area (Å²) in [5, 5.41) is 1.25. The summed E-state index contributed by atoms with van der Waals surface area (Å²) in [6, 6.07) is 0. The van der Waals surface area contributed by atoms with Crippen molar-refractivity contribution >= 4 is 37.9 Å². The first-order valence-corrected chi connectivity index (χ1v) is 6.67. The van der Waals surface area contributed by atoms with Crippen LogP contribution in [0.3, 0.4) is 0 Å².